The lowest BCUT2D eigenvalue weighted by molar-refractivity contribution is -0.115. The van der Waals surface area contributed by atoms with Crippen molar-refractivity contribution in [1.82, 2.24) is 4.98 Å². The van der Waals surface area contributed by atoms with E-state index in [4.69, 9.17) is 0 Å². The summed E-state index contributed by atoms with van der Waals surface area (Å²) in [6, 6.07) is 23.1. The van der Waals surface area contributed by atoms with Crippen molar-refractivity contribution >= 4 is 23.1 Å². The Morgan fingerprint density at radius 2 is 1.52 bits per heavy atom. The number of nitrogens with one attached hydrogen (secondary N) is 2. The molecule has 0 fully saturated rings. The Bertz CT molecular complexity index is 756. The van der Waals surface area contributed by atoms with Gasteiger partial charge in [0.1, 0.15) is 5.82 Å². The molecule has 4 nitrogen and oxygen atoms in total. The molecule has 0 atom stereocenters. The Labute approximate surface area is 135 Å². The number of hydrogen-bond donors (Lipinski definition) is 2. The van der Waals surface area contributed by atoms with Gasteiger partial charge in [-0.05, 0) is 29.8 Å². The van der Waals surface area contributed by atoms with Crippen molar-refractivity contribution < 1.29 is 4.79 Å². The SMILES string of the molecule is O=C(Cc1ccccc1)Nc1ccc(Nc2ccccc2)nc1. The summed E-state index contributed by atoms with van der Waals surface area (Å²) in [5.74, 6) is 0.680. The monoisotopic (exact) mass is 303 g/mol. The van der Waals surface area contributed by atoms with Crippen molar-refractivity contribution in [3.05, 3.63) is 84.6 Å². The van der Waals surface area contributed by atoms with E-state index < -0.39 is 0 Å². The second kappa shape index (κ2) is 7.22. The van der Waals surface area contributed by atoms with Gasteiger partial charge in [0.05, 0.1) is 18.3 Å². The van der Waals surface area contributed by atoms with Gasteiger partial charge in [-0.25, -0.2) is 4.98 Å². The molecule has 3 rings (SSSR count). The van der Waals surface area contributed by atoms with Crippen LogP contribution in [0.15, 0.2) is 79.0 Å². The van der Waals surface area contributed by atoms with Crippen molar-refractivity contribution in [2.75, 3.05) is 10.6 Å². The van der Waals surface area contributed by atoms with Crippen molar-refractivity contribution in [2.45, 2.75) is 6.42 Å². The summed E-state index contributed by atoms with van der Waals surface area (Å²) in [5, 5.41) is 6.05. The molecule has 1 heterocycles. The van der Waals surface area contributed by atoms with Crippen LogP contribution in [0.4, 0.5) is 17.2 Å². The highest BCUT2D eigenvalue weighted by Gasteiger charge is 2.04. The van der Waals surface area contributed by atoms with E-state index in [-0.39, 0.29) is 5.91 Å². The van der Waals surface area contributed by atoms with E-state index in [1.807, 2.05) is 72.8 Å². The first-order valence-corrected chi connectivity index (χ1v) is 7.41. The van der Waals surface area contributed by atoms with Crippen LogP contribution < -0.4 is 10.6 Å². The van der Waals surface area contributed by atoms with Crippen molar-refractivity contribution in [1.29, 1.82) is 0 Å². The number of benzene rings is 2. The fourth-order valence-corrected chi connectivity index (χ4v) is 2.20. The lowest BCUT2D eigenvalue weighted by atomic mass is 10.1. The predicted molar refractivity (Wildman–Crippen MR) is 92.7 cm³/mol. The molecule has 0 aliphatic rings. The minimum atomic E-state index is -0.0539. The average molecular weight is 303 g/mol. The quantitative estimate of drug-likeness (QED) is 0.749. The molecule has 4 heteroatoms. The lowest BCUT2D eigenvalue weighted by Gasteiger charge is -2.08. The van der Waals surface area contributed by atoms with Crippen LogP contribution in [0.25, 0.3) is 0 Å². The minimum absolute atomic E-state index is 0.0539. The van der Waals surface area contributed by atoms with Gasteiger partial charge in [0.25, 0.3) is 0 Å². The van der Waals surface area contributed by atoms with Gasteiger partial charge in [0.2, 0.25) is 5.91 Å². The van der Waals surface area contributed by atoms with E-state index in [2.05, 4.69) is 15.6 Å². The molecule has 3 aromatic rings. The molecular formula is C19H17N3O. The van der Waals surface area contributed by atoms with Gasteiger partial charge in [0.15, 0.2) is 0 Å². The zero-order chi connectivity index (χ0) is 15.9. The number of pyridine rings is 1. The van der Waals surface area contributed by atoms with E-state index in [9.17, 15) is 4.79 Å². The standard InChI is InChI=1S/C19H17N3O/c23-19(13-15-7-3-1-4-8-15)22-17-11-12-18(20-14-17)21-16-9-5-2-6-10-16/h1-12,14H,13H2,(H,20,21)(H,22,23). The minimum Gasteiger partial charge on any atom is -0.340 e. The number of hydrogen-bond acceptors (Lipinski definition) is 3. The number of anilines is 3. The second-order valence-corrected chi connectivity index (χ2v) is 5.13. The summed E-state index contributed by atoms with van der Waals surface area (Å²) in [7, 11) is 0. The smallest absolute Gasteiger partial charge is 0.228 e. The first kappa shape index (κ1) is 14.8. The van der Waals surface area contributed by atoms with E-state index in [1.54, 1.807) is 6.20 Å². The van der Waals surface area contributed by atoms with Gasteiger partial charge >= 0.3 is 0 Å². The van der Waals surface area contributed by atoms with Crippen molar-refractivity contribution in [3.8, 4) is 0 Å². The zero-order valence-electron chi connectivity index (χ0n) is 12.6. The molecule has 0 saturated carbocycles. The van der Waals surface area contributed by atoms with Crippen LogP contribution in [0.3, 0.4) is 0 Å². The van der Waals surface area contributed by atoms with Crippen LogP contribution >= 0.6 is 0 Å². The molecule has 0 aliphatic carbocycles. The highest BCUT2D eigenvalue weighted by atomic mass is 16.1. The number of carbonyl (C=O) groups excluding carboxylic acids is 1. The normalized spacial score (nSPS) is 10.1. The maximum absolute atomic E-state index is 12.0. The summed E-state index contributed by atoms with van der Waals surface area (Å²) >= 11 is 0. The van der Waals surface area contributed by atoms with Crippen LogP contribution in [-0.4, -0.2) is 10.9 Å². The molecule has 1 aromatic heterocycles. The Hall–Kier alpha value is -3.14. The first-order chi connectivity index (χ1) is 11.3. The summed E-state index contributed by atoms with van der Waals surface area (Å²) in [4.78, 5) is 16.3. The van der Waals surface area contributed by atoms with Gasteiger partial charge in [-0.2, -0.15) is 0 Å². The summed E-state index contributed by atoms with van der Waals surface area (Å²) in [6.45, 7) is 0. The molecule has 114 valence electrons. The number of para-hydroxylation sites is 1. The Morgan fingerprint density at radius 1 is 0.826 bits per heavy atom. The van der Waals surface area contributed by atoms with Gasteiger partial charge in [-0.1, -0.05) is 48.5 Å². The lowest BCUT2D eigenvalue weighted by Crippen LogP contribution is -2.14. The number of aromatic nitrogens is 1. The van der Waals surface area contributed by atoms with Crippen LogP contribution in [-0.2, 0) is 11.2 Å². The number of rotatable bonds is 5. The Balaban J connectivity index is 1.58. The molecule has 0 spiro atoms. The Kier molecular flexibility index (Phi) is 4.64. The highest BCUT2D eigenvalue weighted by molar-refractivity contribution is 5.92. The molecular weight excluding hydrogens is 286 g/mol. The van der Waals surface area contributed by atoms with E-state index in [0.29, 0.717) is 12.1 Å². The van der Waals surface area contributed by atoms with Crippen LogP contribution in [0.5, 0.6) is 0 Å². The third-order valence-corrected chi connectivity index (χ3v) is 3.30. The molecule has 1 amide bonds. The molecule has 0 radical (unpaired) electrons. The highest BCUT2D eigenvalue weighted by Crippen LogP contribution is 2.15. The molecule has 0 saturated heterocycles. The molecule has 0 bridgehead atoms. The molecule has 0 aliphatic heterocycles. The fourth-order valence-electron chi connectivity index (χ4n) is 2.20. The summed E-state index contributed by atoms with van der Waals surface area (Å²) in [5.41, 5.74) is 2.64. The van der Waals surface area contributed by atoms with Crippen LogP contribution in [0.1, 0.15) is 5.56 Å². The molecule has 2 N–H and O–H groups in total. The largest absolute Gasteiger partial charge is 0.340 e. The number of nitrogens with zero attached hydrogens (tertiary/aromatic N) is 1. The number of carbonyl (C=O) groups is 1. The van der Waals surface area contributed by atoms with Crippen molar-refractivity contribution in [2.24, 2.45) is 0 Å². The van der Waals surface area contributed by atoms with Gasteiger partial charge in [0, 0.05) is 5.69 Å². The average Bonchev–Trinajstić information content (AvgIpc) is 2.58. The second-order valence-electron chi connectivity index (χ2n) is 5.13. The van der Waals surface area contributed by atoms with Crippen LogP contribution in [0.2, 0.25) is 0 Å². The maximum atomic E-state index is 12.0. The zero-order valence-corrected chi connectivity index (χ0v) is 12.6. The topological polar surface area (TPSA) is 54.0 Å². The van der Waals surface area contributed by atoms with Gasteiger partial charge in [-0.15, -0.1) is 0 Å². The van der Waals surface area contributed by atoms with E-state index in [0.717, 1.165) is 17.1 Å². The maximum Gasteiger partial charge on any atom is 0.228 e. The first-order valence-electron chi connectivity index (χ1n) is 7.41. The Morgan fingerprint density at radius 3 is 2.17 bits per heavy atom. The van der Waals surface area contributed by atoms with E-state index >= 15 is 0 Å². The van der Waals surface area contributed by atoms with Crippen LogP contribution in [0, 0.1) is 0 Å². The number of amides is 1. The van der Waals surface area contributed by atoms with Crippen molar-refractivity contribution in [3.63, 3.8) is 0 Å². The molecule has 23 heavy (non-hydrogen) atoms. The molecule has 0 unspecified atom stereocenters. The predicted octanol–water partition coefficient (Wildman–Crippen LogP) is 4.01. The molecule has 2 aromatic carbocycles. The summed E-state index contributed by atoms with van der Waals surface area (Å²) < 4.78 is 0. The van der Waals surface area contributed by atoms with Gasteiger partial charge < -0.3 is 10.6 Å². The van der Waals surface area contributed by atoms with Gasteiger partial charge in [-0.3, -0.25) is 4.79 Å². The third kappa shape index (κ3) is 4.41. The van der Waals surface area contributed by atoms with E-state index in [1.165, 1.54) is 0 Å². The summed E-state index contributed by atoms with van der Waals surface area (Å²) in [6.07, 6.45) is 2.00. The third-order valence-electron chi connectivity index (χ3n) is 3.30. The fraction of sp³-hybridized carbons (Fsp3) is 0.0526.